The molecule has 0 saturated carbocycles. The smallest absolute Gasteiger partial charge is 0.269 e. The van der Waals surface area contributed by atoms with E-state index in [9.17, 15) is 9.59 Å². The van der Waals surface area contributed by atoms with Gasteiger partial charge >= 0.3 is 0 Å². The Morgan fingerprint density at radius 2 is 1.56 bits per heavy atom. The molecule has 1 N–H and O–H groups in total. The number of carbonyl (C=O) groups excluding carboxylic acids is 1. The Kier molecular flexibility index (Phi) is 7.76. The molecule has 3 heterocycles. The number of nitrogens with one attached hydrogen (secondary N) is 1. The van der Waals surface area contributed by atoms with Crippen LogP contribution in [0.5, 0.6) is 0 Å². The van der Waals surface area contributed by atoms with E-state index in [0.717, 1.165) is 63.1 Å². The van der Waals surface area contributed by atoms with Gasteiger partial charge in [0.25, 0.3) is 5.56 Å². The van der Waals surface area contributed by atoms with Gasteiger partial charge in [-0.1, -0.05) is 60.7 Å². The second kappa shape index (κ2) is 11.5. The van der Waals surface area contributed by atoms with E-state index in [0.29, 0.717) is 13.1 Å². The van der Waals surface area contributed by atoms with Gasteiger partial charge in [-0.15, -0.1) is 0 Å². The molecule has 1 amide bonds. The van der Waals surface area contributed by atoms with Crippen molar-refractivity contribution in [3.63, 3.8) is 0 Å². The Hall–Kier alpha value is -3.45. The number of benzene rings is 2. The minimum atomic E-state index is -0.120. The largest absolute Gasteiger partial charge is 0.369 e. The molecule has 5 rings (SSSR count). The number of hydrogen-bond acceptors (Lipinski definition) is 5. The zero-order valence-corrected chi connectivity index (χ0v) is 20.8. The summed E-state index contributed by atoms with van der Waals surface area (Å²) in [7, 11) is 0. The lowest BCUT2D eigenvalue weighted by Crippen LogP contribution is -2.49. The SMILES string of the molecule is O=C(NC1CCN(Cc2ccccc2)CC1)[C@@H]1CCCN(c2cnn(Cc3ccccc3)c(=O)c2)C1. The van der Waals surface area contributed by atoms with Crippen molar-refractivity contribution in [2.45, 2.75) is 44.8 Å². The number of aromatic nitrogens is 2. The molecule has 2 aliphatic rings. The predicted molar refractivity (Wildman–Crippen MR) is 142 cm³/mol. The second-order valence-corrected chi connectivity index (χ2v) is 10.0. The predicted octanol–water partition coefficient (Wildman–Crippen LogP) is 3.29. The molecule has 0 aliphatic carbocycles. The maximum Gasteiger partial charge on any atom is 0.269 e. The van der Waals surface area contributed by atoms with E-state index in [2.05, 4.69) is 44.5 Å². The van der Waals surface area contributed by atoms with E-state index in [-0.39, 0.29) is 23.4 Å². The number of hydrogen-bond donors (Lipinski definition) is 1. The van der Waals surface area contributed by atoms with Crippen LogP contribution < -0.4 is 15.8 Å². The van der Waals surface area contributed by atoms with Gasteiger partial charge in [0.15, 0.2) is 0 Å². The first-order chi connectivity index (χ1) is 17.6. The van der Waals surface area contributed by atoms with E-state index in [1.54, 1.807) is 12.3 Å². The van der Waals surface area contributed by atoms with Crippen LogP contribution in [0.3, 0.4) is 0 Å². The zero-order valence-electron chi connectivity index (χ0n) is 20.8. The summed E-state index contributed by atoms with van der Waals surface area (Å²) in [5.41, 5.74) is 3.06. The summed E-state index contributed by atoms with van der Waals surface area (Å²) in [6.45, 7) is 4.89. The van der Waals surface area contributed by atoms with Crippen LogP contribution in [-0.2, 0) is 17.9 Å². The molecule has 3 aromatic rings. The number of carbonyl (C=O) groups is 1. The molecule has 0 spiro atoms. The fraction of sp³-hybridized carbons (Fsp3) is 0.414. The quantitative estimate of drug-likeness (QED) is 0.556. The number of rotatable bonds is 7. The van der Waals surface area contributed by atoms with Gasteiger partial charge in [-0.2, -0.15) is 5.10 Å². The lowest BCUT2D eigenvalue weighted by molar-refractivity contribution is -0.126. The lowest BCUT2D eigenvalue weighted by atomic mass is 9.95. The van der Waals surface area contributed by atoms with Crippen LogP contribution in [0, 0.1) is 5.92 Å². The molecule has 0 bridgehead atoms. The molecule has 188 valence electrons. The van der Waals surface area contributed by atoms with Crippen LogP contribution in [0.2, 0.25) is 0 Å². The molecule has 2 aliphatic heterocycles. The number of likely N-dealkylation sites (tertiary alicyclic amines) is 1. The topological polar surface area (TPSA) is 70.5 Å². The Labute approximate surface area is 212 Å². The van der Waals surface area contributed by atoms with Crippen molar-refractivity contribution < 1.29 is 4.79 Å². The van der Waals surface area contributed by atoms with Gasteiger partial charge in [-0.25, -0.2) is 4.68 Å². The highest BCUT2D eigenvalue weighted by molar-refractivity contribution is 5.80. The van der Waals surface area contributed by atoms with Crippen molar-refractivity contribution in [2.75, 3.05) is 31.1 Å². The zero-order chi connectivity index (χ0) is 24.7. The van der Waals surface area contributed by atoms with Gasteiger partial charge < -0.3 is 10.2 Å². The van der Waals surface area contributed by atoms with Crippen LogP contribution in [-0.4, -0.2) is 52.8 Å². The summed E-state index contributed by atoms with van der Waals surface area (Å²) in [5.74, 6) is 0.0828. The summed E-state index contributed by atoms with van der Waals surface area (Å²) in [6.07, 6.45) is 5.54. The highest BCUT2D eigenvalue weighted by Crippen LogP contribution is 2.23. The minimum absolute atomic E-state index is 0.0622. The molecule has 0 unspecified atom stereocenters. The van der Waals surface area contributed by atoms with Crippen LogP contribution >= 0.6 is 0 Å². The van der Waals surface area contributed by atoms with Crippen molar-refractivity contribution in [2.24, 2.45) is 5.92 Å². The Morgan fingerprint density at radius 1 is 0.889 bits per heavy atom. The van der Waals surface area contributed by atoms with E-state index in [4.69, 9.17) is 0 Å². The van der Waals surface area contributed by atoms with E-state index in [1.165, 1.54) is 10.2 Å². The molecular weight excluding hydrogens is 450 g/mol. The summed E-state index contributed by atoms with van der Waals surface area (Å²) < 4.78 is 1.48. The molecule has 7 nitrogen and oxygen atoms in total. The third-order valence-electron chi connectivity index (χ3n) is 7.37. The Balaban J connectivity index is 1.12. The van der Waals surface area contributed by atoms with Crippen LogP contribution in [0.15, 0.2) is 77.7 Å². The van der Waals surface area contributed by atoms with Crippen LogP contribution in [0.25, 0.3) is 0 Å². The van der Waals surface area contributed by atoms with E-state index < -0.39 is 0 Å². The first kappa shape index (κ1) is 24.3. The van der Waals surface area contributed by atoms with E-state index >= 15 is 0 Å². The molecular formula is C29H35N5O2. The molecule has 1 aromatic heterocycles. The van der Waals surface area contributed by atoms with Crippen molar-refractivity contribution >= 4 is 11.6 Å². The monoisotopic (exact) mass is 485 g/mol. The Morgan fingerprint density at radius 3 is 2.22 bits per heavy atom. The van der Waals surface area contributed by atoms with Crippen molar-refractivity contribution in [1.82, 2.24) is 20.0 Å². The van der Waals surface area contributed by atoms with Gasteiger partial charge in [0.1, 0.15) is 0 Å². The first-order valence-electron chi connectivity index (χ1n) is 13.1. The molecule has 2 fully saturated rings. The van der Waals surface area contributed by atoms with Crippen molar-refractivity contribution in [3.05, 3.63) is 94.4 Å². The maximum absolute atomic E-state index is 13.1. The summed E-state index contributed by atoms with van der Waals surface area (Å²) in [6, 6.07) is 22.3. The van der Waals surface area contributed by atoms with Gasteiger partial charge in [-0.3, -0.25) is 14.5 Å². The molecule has 2 aromatic carbocycles. The molecule has 7 heteroatoms. The molecule has 0 radical (unpaired) electrons. The lowest BCUT2D eigenvalue weighted by Gasteiger charge is -2.36. The number of piperidine rings is 2. The normalized spacial score (nSPS) is 19.2. The first-order valence-corrected chi connectivity index (χ1v) is 13.1. The number of nitrogens with zero attached hydrogens (tertiary/aromatic N) is 4. The summed E-state index contributed by atoms with van der Waals surface area (Å²) in [4.78, 5) is 30.4. The van der Waals surface area contributed by atoms with Crippen LogP contribution in [0.4, 0.5) is 5.69 Å². The third kappa shape index (κ3) is 6.21. The fourth-order valence-corrected chi connectivity index (χ4v) is 5.29. The summed E-state index contributed by atoms with van der Waals surface area (Å²) in [5, 5.41) is 7.73. The number of anilines is 1. The highest BCUT2D eigenvalue weighted by Gasteiger charge is 2.29. The van der Waals surface area contributed by atoms with Crippen molar-refractivity contribution in [1.29, 1.82) is 0 Å². The molecule has 36 heavy (non-hydrogen) atoms. The number of amides is 1. The Bertz CT molecular complexity index is 1190. The molecule has 2 saturated heterocycles. The van der Waals surface area contributed by atoms with Gasteiger partial charge in [-0.05, 0) is 36.8 Å². The average Bonchev–Trinajstić information content (AvgIpc) is 2.92. The maximum atomic E-state index is 13.1. The second-order valence-electron chi connectivity index (χ2n) is 10.0. The average molecular weight is 486 g/mol. The van der Waals surface area contributed by atoms with Crippen molar-refractivity contribution in [3.8, 4) is 0 Å². The van der Waals surface area contributed by atoms with Gasteiger partial charge in [0, 0.05) is 44.8 Å². The molecule has 1 atom stereocenters. The van der Waals surface area contributed by atoms with Crippen LogP contribution in [0.1, 0.15) is 36.8 Å². The third-order valence-corrected chi connectivity index (χ3v) is 7.37. The standard InChI is InChI=1S/C29H35N5O2/c35-28-18-27(19-30-34(28)21-24-10-5-2-6-11-24)33-15-7-12-25(22-33)29(36)31-26-13-16-32(17-14-26)20-23-8-3-1-4-9-23/h1-6,8-11,18-19,25-26H,7,12-17,20-22H2,(H,31,36)/t25-/m1/s1. The highest BCUT2D eigenvalue weighted by atomic mass is 16.2. The summed E-state index contributed by atoms with van der Waals surface area (Å²) >= 11 is 0. The van der Waals surface area contributed by atoms with Gasteiger partial charge in [0.2, 0.25) is 5.91 Å². The minimum Gasteiger partial charge on any atom is -0.369 e. The van der Waals surface area contributed by atoms with E-state index in [1.807, 2.05) is 36.4 Å². The fourth-order valence-electron chi connectivity index (χ4n) is 5.29. The van der Waals surface area contributed by atoms with Gasteiger partial charge in [0.05, 0.1) is 24.3 Å².